The Bertz CT molecular complexity index is 693. The van der Waals surface area contributed by atoms with Crippen molar-refractivity contribution in [3.05, 3.63) is 54.6 Å². The Kier molecular flexibility index (Phi) is 9.83. The van der Waals surface area contributed by atoms with Crippen LogP contribution in [0.15, 0.2) is 54.6 Å². The van der Waals surface area contributed by atoms with Crippen molar-refractivity contribution in [2.75, 3.05) is 49.5 Å². The molecule has 1 amide bonds. The Morgan fingerprint density at radius 1 is 0.963 bits per heavy atom. The van der Waals surface area contributed by atoms with Crippen LogP contribution >= 0.6 is 24.8 Å². The molecule has 0 aliphatic carbocycles. The molecule has 0 unspecified atom stereocenters. The summed E-state index contributed by atoms with van der Waals surface area (Å²) < 4.78 is 5.72. The Labute approximate surface area is 173 Å². The summed E-state index contributed by atoms with van der Waals surface area (Å²) in [6, 6.07) is 17.9. The zero-order chi connectivity index (χ0) is 17.5. The average molecular weight is 412 g/mol. The fraction of sp³-hybridized carbons (Fsp3) is 0.350. The van der Waals surface area contributed by atoms with E-state index >= 15 is 0 Å². The highest BCUT2D eigenvalue weighted by Gasteiger charge is 2.22. The molecule has 1 heterocycles. The highest BCUT2D eigenvalue weighted by atomic mass is 35.5. The van der Waals surface area contributed by atoms with Crippen LogP contribution in [-0.4, -0.2) is 50.1 Å². The first-order chi connectivity index (χ1) is 12.3. The van der Waals surface area contributed by atoms with Crippen LogP contribution in [0.1, 0.15) is 6.92 Å². The Balaban J connectivity index is 0.00000182. The summed E-state index contributed by atoms with van der Waals surface area (Å²) in [5.41, 5.74) is 2.08. The molecule has 0 atom stereocenters. The summed E-state index contributed by atoms with van der Waals surface area (Å²) in [5.74, 6) is 1.05. The van der Waals surface area contributed by atoms with Gasteiger partial charge in [0.15, 0.2) is 0 Å². The minimum absolute atomic E-state index is 0. The molecule has 0 saturated carbocycles. The van der Waals surface area contributed by atoms with Gasteiger partial charge in [-0.15, -0.1) is 24.8 Å². The molecule has 2 aromatic rings. The van der Waals surface area contributed by atoms with Gasteiger partial charge in [0.2, 0.25) is 5.91 Å². The van der Waals surface area contributed by atoms with E-state index in [2.05, 4.69) is 16.3 Å². The number of nitrogens with one attached hydrogen (secondary N) is 1. The van der Waals surface area contributed by atoms with Gasteiger partial charge in [-0.2, -0.15) is 0 Å². The fourth-order valence-corrected chi connectivity index (χ4v) is 3.04. The van der Waals surface area contributed by atoms with Crippen molar-refractivity contribution in [1.29, 1.82) is 0 Å². The predicted molar refractivity (Wildman–Crippen MR) is 116 cm³/mol. The maximum Gasteiger partial charge on any atom is 0.241 e. The van der Waals surface area contributed by atoms with Gasteiger partial charge in [-0.1, -0.05) is 30.3 Å². The number of hydrogen-bond donors (Lipinski definition) is 1. The minimum Gasteiger partial charge on any atom is -0.492 e. The molecule has 0 aromatic heterocycles. The third-order valence-electron chi connectivity index (χ3n) is 4.36. The number of nitrogens with zero attached hydrogens (tertiary/aromatic N) is 2. The van der Waals surface area contributed by atoms with Crippen molar-refractivity contribution in [3.8, 4) is 5.75 Å². The van der Waals surface area contributed by atoms with E-state index in [-0.39, 0.29) is 30.7 Å². The molecular formula is C20H27Cl2N3O2. The van der Waals surface area contributed by atoms with Crippen LogP contribution in [0.5, 0.6) is 5.75 Å². The lowest BCUT2D eigenvalue weighted by Gasteiger charge is -2.36. The quantitative estimate of drug-likeness (QED) is 0.786. The van der Waals surface area contributed by atoms with Gasteiger partial charge in [0.1, 0.15) is 5.75 Å². The number of para-hydroxylation sites is 3. The lowest BCUT2D eigenvalue weighted by Crippen LogP contribution is -2.50. The van der Waals surface area contributed by atoms with E-state index in [1.807, 2.05) is 60.4 Å². The second kappa shape index (κ2) is 11.6. The fourth-order valence-electron chi connectivity index (χ4n) is 3.04. The number of halogens is 2. The molecular weight excluding hydrogens is 385 g/mol. The Hall–Kier alpha value is -2.11. The zero-order valence-electron chi connectivity index (χ0n) is 15.5. The summed E-state index contributed by atoms with van der Waals surface area (Å²) >= 11 is 0. The van der Waals surface area contributed by atoms with E-state index in [9.17, 15) is 4.79 Å². The molecule has 1 aliphatic heterocycles. The van der Waals surface area contributed by atoms with E-state index in [1.54, 1.807) is 0 Å². The van der Waals surface area contributed by atoms with Crippen molar-refractivity contribution in [2.45, 2.75) is 6.92 Å². The number of rotatable bonds is 6. The number of benzene rings is 2. The van der Waals surface area contributed by atoms with Gasteiger partial charge in [-0.25, -0.2) is 0 Å². The third kappa shape index (κ3) is 6.22. The Morgan fingerprint density at radius 2 is 1.59 bits per heavy atom. The molecule has 5 nitrogen and oxygen atoms in total. The number of hydrogen-bond acceptors (Lipinski definition) is 4. The molecule has 2 aromatic carbocycles. The normalized spacial score (nSPS) is 13.2. The van der Waals surface area contributed by atoms with Gasteiger partial charge in [0.05, 0.1) is 18.8 Å². The first kappa shape index (κ1) is 22.9. The van der Waals surface area contributed by atoms with Gasteiger partial charge < -0.3 is 19.9 Å². The number of anilines is 2. The second-order valence-corrected chi connectivity index (χ2v) is 5.99. The van der Waals surface area contributed by atoms with Gasteiger partial charge >= 0.3 is 0 Å². The lowest BCUT2D eigenvalue weighted by molar-refractivity contribution is -0.129. The van der Waals surface area contributed by atoms with E-state index in [0.717, 1.165) is 43.3 Å². The molecule has 1 fully saturated rings. The summed E-state index contributed by atoms with van der Waals surface area (Å²) in [4.78, 5) is 16.6. The van der Waals surface area contributed by atoms with E-state index in [4.69, 9.17) is 4.74 Å². The average Bonchev–Trinajstić information content (AvgIpc) is 2.68. The van der Waals surface area contributed by atoms with Gasteiger partial charge in [0, 0.05) is 31.9 Å². The standard InChI is InChI=1S/C20H25N3O2.2ClH/c1-2-25-19-11-7-6-10-18(19)22-12-14-23(15-13-22)20(24)16-21-17-8-4-3-5-9-17;;/h3-11,21H,2,12-16H2,1H3;2*1H. The highest BCUT2D eigenvalue weighted by molar-refractivity contribution is 5.85. The van der Waals surface area contributed by atoms with Gasteiger partial charge in [0.25, 0.3) is 0 Å². The van der Waals surface area contributed by atoms with Crippen LogP contribution in [0.4, 0.5) is 11.4 Å². The topological polar surface area (TPSA) is 44.8 Å². The highest BCUT2D eigenvalue weighted by Crippen LogP contribution is 2.28. The monoisotopic (exact) mass is 411 g/mol. The molecule has 148 valence electrons. The van der Waals surface area contributed by atoms with Crippen molar-refractivity contribution < 1.29 is 9.53 Å². The number of amides is 1. The molecule has 1 saturated heterocycles. The molecule has 1 N–H and O–H groups in total. The summed E-state index contributed by atoms with van der Waals surface area (Å²) in [6.07, 6.45) is 0. The van der Waals surface area contributed by atoms with Gasteiger partial charge in [-0.05, 0) is 31.2 Å². The molecule has 0 bridgehead atoms. The van der Waals surface area contributed by atoms with Crippen LogP contribution in [0.2, 0.25) is 0 Å². The molecule has 7 heteroatoms. The number of carbonyl (C=O) groups excluding carboxylic acids is 1. The maximum atomic E-state index is 12.4. The first-order valence-corrected chi connectivity index (χ1v) is 8.81. The summed E-state index contributed by atoms with van der Waals surface area (Å²) in [6.45, 7) is 6.08. The maximum absolute atomic E-state index is 12.4. The van der Waals surface area contributed by atoms with E-state index in [0.29, 0.717) is 13.2 Å². The SMILES string of the molecule is CCOc1ccccc1N1CCN(C(=O)CNc2ccccc2)CC1.Cl.Cl. The Morgan fingerprint density at radius 3 is 2.26 bits per heavy atom. The van der Waals surface area contributed by atoms with E-state index < -0.39 is 0 Å². The van der Waals surface area contributed by atoms with Crippen molar-refractivity contribution in [2.24, 2.45) is 0 Å². The van der Waals surface area contributed by atoms with Crippen molar-refractivity contribution >= 4 is 42.1 Å². The molecule has 3 rings (SSSR count). The predicted octanol–water partition coefficient (Wildman–Crippen LogP) is 3.69. The van der Waals surface area contributed by atoms with Gasteiger partial charge in [-0.3, -0.25) is 4.79 Å². The van der Waals surface area contributed by atoms with Crippen LogP contribution in [-0.2, 0) is 4.79 Å². The van der Waals surface area contributed by atoms with Crippen LogP contribution in [0.3, 0.4) is 0 Å². The molecule has 1 aliphatic rings. The third-order valence-corrected chi connectivity index (χ3v) is 4.36. The van der Waals surface area contributed by atoms with Crippen molar-refractivity contribution in [3.63, 3.8) is 0 Å². The van der Waals surface area contributed by atoms with E-state index in [1.165, 1.54) is 0 Å². The lowest BCUT2D eigenvalue weighted by atomic mass is 10.2. The number of piperazine rings is 1. The second-order valence-electron chi connectivity index (χ2n) is 5.99. The summed E-state index contributed by atoms with van der Waals surface area (Å²) in [5, 5.41) is 3.19. The van der Waals surface area contributed by atoms with Crippen LogP contribution < -0.4 is 15.0 Å². The molecule has 0 spiro atoms. The minimum atomic E-state index is 0. The first-order valence-electron chi connectivity index (χ1n) is 8.81. The van der Waals surface area contributed by atoms with Crippen LogP contribution in [0, 0.1) is 0 Å². The number of ether oxygens (including phenoxy) is 1. The largest absolute Gasteiger partial charge is 0.492 e. The van der Waals surface area contributed by atoms with Crippen LogP contribution in [0.25, 0.3) is 0 Å². The zero-order valence-corrected chi connectivity index (χ0v) is 17.1. The molecule has 0 radical (unpaired) electrons. The smallest absolute Gasteiger partial charge is 0.241 e. The van der Waals surface area contributed by atoms with Crippen molar-refractivity contribution in [1.82, 2.24) is 4.90 Å². The number of carbonyl (C=O) groups is 1. The molecule has 27 heavy (non-hydrogen) atoms. The summed E-state index contributed by atoms with van der Waals surface area (Å²) in [7, 11) is 0.